The molecule has 182 valence electrons. The molecule has 7 heteroatoms. The number of rotatable bonds is 10. The normalized spacial score (nSPS) is 14.1. The smallest absolute Gasteiger partial charge is 0.407 e. The maximum Gasteiger partial charge on any atom is 0.407 e. The average Bonchev–Trinajstić information content (AvgIpc) is 3.14. The molecule has 2 atom stereocenters. The Morgan fingerprint density at radius 2 is 1.56 bits per heavy atom. The third-order valence-corrected chi connectivity index (χ3v) is 6.57. The monoisotopic (exact) mass is 466 g/mol. The molecule has 1 aliphatic rings. The van der Waals surface area contributed by atoms with Crippen molar-refractivity contribution in [2.45, 2.75) is 58.5 Å². The number of hydrogen-bond acceptors (Lipinski definition) is 4. The Morgan fingerprint density at radius 3 is 2.06 bits per heavy atom. The standard InChI is InChI=1S/C27H34N2O5/c1-5-18(4)25(26(32)29(17(2)3)15-14-24(30)31)28-27(33)34-16-23-21-12-8-6-10-19(21)20-11-7-9-13-22(20)23/h6-13,17-18,23,25H,5,14-16H2,1-4H3,(H,28,33)(H,30,31)/t18?,25-/m0/s1. The van der Waals surface area contributed by atoms with E-state index in [0.29, 0.717) is 6.42 Å². The fourth-order valence-electron chi connectivity index (χ4n) is 4.47. The summed E-state index contributed by atoms with van der Waals surface area (Å²) in [5.74, 6) is -1.47. The van der Waals surface area contributed by atoms with Gasteiger partial charge in [0.25, 0.3) is 0 Å². The molecule has 0 spiro atoms. The van der Waals surface area contributed by atoms with Gasteiger partial charge in [-0.25, -0.2) is 4.79 Å². The third-order valence-electron chi connectivity index (χ3n) is 6.57. The average molecular weight is 467 g/mol. The topological polar surface area (TPSA) is 95.9 Å². The van der Waals surface area contributed by atoms with E-state index in [1.807, 2.05) is 52.0 Å². The molecule has 2 aromatic carbocycles. The van der Waals surface area contributed by atoms with E-state index in [9.17, 15) is 14.4 Å². The third kappa shape index (κ3) is 5.58. The number of fused-ring (bicyclic) bond motifs is 3. The number of benzene rings is 2. The molecule has 3 rings (SSSR count). The Bertz CT molecular complexity index is 990. The lowest BCUT2D eigenvalue weighted by atomic mass is 9.97. The van der Waals surface area contributed by atoms with Crippen molar-refractivity contribution < 1.29 is 24.2 Å². The zero-order chi connectivity index (χ0) is 24.8. The van der Waals surface area contributed by atoms with Gasteiger partial charge in [0.2, 0.25) is 5.91 Å². The Kier molecular flexibility index (Phi) is 8.31. The molecule has 2 amide bonds. The molecule has 0 aromatic heterocycles. The van der Waals surface area contributed by atoms with Crippen molar-refractivity contribution in [2.24, 2.45) is 5.92 Å². The van der Waals surface area contributed by atoms with Gasteiger partial charge in [0.05, 0.1) is 6.42 Å². The molecule has 7 nitrogen and oxygen atoms in total. The number of carbonyl (C=O) groups is 3. The SMILES string of the molecule is CCC(C)[C@H](NC(=O)OCC1c2ccccc2-c2ccccc21)C(=O)N(CCC(=O)O)C(C)C. The predicted octanol–water partition coefficient (Wildman–Crippen LogP) is 4.65. The summed E-state index contributed by atoms with van der Waals surface area (Å²) < 4.78 is 5.64. The molecule has 0 saturated carbocycles. The number of carboxylic acids is 1. The summed E-state index contributed by atoms with van der Waals surface area (Å²) in [6.07, 6.45) is -0.130. The summed E-state index contributed by atoms with van der Waals surface area (Å²) in [6, 6.07) is 15.2. The van der Waals surface area contributed by atoms with Crippen LogP contribution in [-0.4, -0.2) is 53.2 Å². The molecular formula is C27H34N2O5. The van der Waals surface area contributed by atoms with Crippen LogP contribution in [0.3, 0.4) is 0 Å². The highest BCUT2D eigenvalue weighted by molar-refractivity contribution is 5.86. The molecule has 2 N–H and O–H groups in total. The number of nitrogens with one attached hydrogen (secondary N) is 1. The number of ether oxygens (including phenoxy) is 1. The lowest BCUT2D eigenvalue weighted by Crippen LogP contribution is -2.54. The van der Waals surface area contributed by atoms with Gasteiger partial charge in [-0.3, -0.25) is 9.59 Å². The van der Waals surface area contributed by atoms with Gasteiger partial charge in [0.15, 0.2) is 0 Å². The minimum atomic E-state index is -0.969. The van der Waals surface area contributed by atoms with Crippen LogP contribution in [-0.2, 0) is 14.3 Å². The minimum Gasteiger partial charge on any atom is -0.481 e. The molecule has 0 aliphatic heterocycles. The van der Waals surface area contributed by atoms with Crippen molar-refractivity contribution in [2.75, 3.05) is 13.2 Å². The summed E-state index contributed by atoms with van der Waals surface area (Å²) in [7, 11) is 0. The van der Waals surface area contributed by atoms with Gasteiger partial charge < -0.3 is 20.1 Å². The van der Waals surface area contributed by atoms with Crippen LogP contribution in [0.25, 0.3) is 11.1 Å². The second-order valence-corrected chi connectivity index (χ2v) is 9.10. The number of alkyl carbamates (subject to hydrolysis) is 1. The Balaban J connectivity index is 1.71. The molecule has 2 aromatic rings. The number of carbonyl (C=O) groups excluding carboxylic acids is 2. The molecule has 34 heavy (non-hydrogen) atoms. The molecule has 0 radical (unpaired) electrons. The summed E-state index contributed by atoms with van der Waals surface area (Å²) >= 11 is 0. The van der Waals surface area contributed by atoms with Crippen molar-refractivity contribution in [3.05, 3.63) is 59.7 Å². The number of amides is 2. The van der Waals surface area contributed by atoms with Gasteiger partial charge in [0, 0.05) is 18.5 Å². The molecule has 1 unspecified atom stereocenters. The molecule has 0 heterocycles. The zero-order valence-electron chi connectivity index (χ0n) is 20.3. The van der Waals surface area contributed by atoms with Crippen molar-refractivity contribution in [3.63, 3.8) is 0 Å². The van der Waals surface area contributed by atoms with Gasteiger partial charge in [-0.1, -0.05) is 68.8 Å². The lowest BCUT2D eigenvalue weighted by Gasteiger charge is -2.33. The zero-order valence-corrected chi connectivity index (χ0v) is 20.3. The van der Waals surface area contributed by atoms with Crippen LogP contribution in [0.1, 0.15) is 57.6 Å². The van der Waals surface area contributed by atoms with Crippen LogP contribution in [0.15, 0.2) is 48.5 Å². The highest BCUT2D eigenvalue weighted by atomic mass is 16.5. The Labute approximate surface area is 201 Å². The van der Waals surface area contributed by atoms with Crippen LogP contribution >= 0.6 is 0 Å². The molecular weight excluding hydrogens is 432 g/mol. The first-order valence-electron chi connectivity index (χ1n) is 11.9. The van der Waals surface area contributed by atoms with Gasteiger partial charge >= 0.3 is 12.1 Å². The van der Waals surface area contributed by atoms with Crippen LogP contribution < -0.4 is 5.32 Å². The first kappa shape index (κ1) is 25.3. The summed E-state index contributed by atoms with van der Waals surface area (Å²) in [5.41, 5.74) is 4.52. The van der Waals surface area contributed by atoms with Crippen molar-refractivity contribution in [1.29, 1.82) is 0 Å². The highest BCUT2D eigenvalue weighted by Crippen LogP contribution is 2.44. The van der Waals surface area contributed by atoms with E-state index in [1.165, 1.54) is 4.90 Å². The number of carboxylic acid groups (broad SMARTS) is 1. The second kappa shape index (κ2) is 11.2. The molecule has 0 saturated heterocycles. The van der Waals surface area contributed by atoms with Crippen molar-refractivity contribution in [3.8, 4) is 11.1 Å². The number of nitrogens with zero attached hydrogens (tertiary/aromatic N) is 1. The van der Waals surface area contributed by atoms with Crippen LogP contribution in [0.4, 0.5) is 4.79 Å². The largest absolute Gasteiger partial charge is 0.481 e. The van der Waals surface area contributed by atoms with Gasteiger partial charge in [-0.05, 0) is 42.0 Å². The van der Waals surface area contributed by atoms with Gasteiger partial charge in [-0.2, -0.15) is 0 Å². The molecule has 0 fully saturated rings. The van der Waals surface area contributed by atoms with E-state index in [2.05, 4.69) is 29.6 Å². The fourth-order valence-corrected chi connectivity index (χ4v) is 4.47. The van der Waals surface area contributed by atoms with E-state index in [4.69, 9.17) is 9.84 Å². The summed E-state index contributed by atoms with van der Waals surface area (Å²) in [5, 5.41) is 11.8. The molecule has 0 bridgehead atoms. The molecule has 1 aliphatic carbocycles. The Morgan fingerprint density at radius 1 is 1.00 bits per heavy atom. The van der Waals surface area contributed by atoms with Gasteiger partial charge in [-0.15, -0.1) is 0 Å². The fraction of sp³-hybridized carbons (Fsp3) is 0.444. The first-order chi connectivity index (χ1) is 16.2. The summed E-state index contributed by atoms with van der Waals surface area (Å²) in [4.78, 5) is 38.7. The minimum absolute atomic E-state index is 0.0707. The number of hydrogen-bond donors (Lipinski definition) is 2. The van der Waals surface area contributed by atoms with E-state index in [1.54, 1.807) is 0 Å². The van der Waals surface area contributed by atoms with E-state index >= 15 is 0 Å². The van der Waals surface area contributed by atoms with Crippen molar-refractivity contribution >= 4 is 18.0 Å². The highest BCUT2D eigenvalue weighted by Gasteiger charge is 2.33. The quantitative estimate of drug-likeness (QED) is 0.531. The summed E-state index contributed by atoms with van der Waals surface area (Å²) in [6.45, 7) is 7.75. The van der Waals surface area contributed by atoms with E-state index in [0.717, 1.165) is 22.3 Å². The van der Waals surface area contributed by atoms with E-state index in [-0.39, 0.29) is 43.4 Å². The van der Waals surface area contributed by atoms with Gasteiger partial charge in [0.1, 0.15) is 12.6 Å². The second-order valence-electron chi connectivity index (χ2n) is 9.10. The Hall–Kier alpha value is -3.35. The first-order valence-corrected chi connectivity index (χ1v) is 11.9. The predicted molar refractivity (Wildman–Crippen MR) is 131 cm³/mol. The maximum atomic E-state index is 13.3. The van der Waals surface area contributed by atoms with Crippen LogP contribution in [0.2, 0.25) is 0 Å². The number of aliphatic carboxylic acids is 1. The van der Waals surface area contributed by atoms with Crippen LogP contribution in [0, 0.1) is 5.92 Å². The van der Waals surface area contributed by atoms with Crippen molar-refractivity contribution in [1.82, 2.24) is 10.2 Å². The maximum absolute atomic E-state index is 13.3. The lowest BCUT2D eigenvalue weighted by molar-refractivity contribution is -0.140. The van der Waals surface area contributed by atoms with Crippen LogP contribution in [0.5, 0.6) is 0 Å². The van der Waals surface area contributed by atoms with E-state index < -0.39 is 18.1 Å².